The molecule has 0 unspecified atom stereocenters. The van der Waals surface area contributed by atoms with Crippen LogP contribution in [-0.2, 0) is 0 Å². The van der Waals surface area contributed by atoms with Gasteiger partial charge in [0.05, 0.1) is 16.9 Å². The third-order valence-electron chi connectivity index (χ3n) is 1.81. The maximum atomic E-state index is 9.06. The average molecular weight is 285 g/mol. The molecule has 0 spiro atoms. The zero-order valence-electron chi connectivity index (χ0n) is 7.46. The number of thiazole rings is 1. The highest BCUT2D eigenvalue weighted by Gasteiger charge is 2.14. The summed E-state index contributed by atoms with van der Waals surface area (Å²) in [6.45, 7) is 0. The van der Waals surface area contributed by atoms with Gasteiger partial charge in [0.2, 0.25) is 0 Å². The highest BCUT2D eigenvalue weighted by atomic mass is 79.9. The molecule has 15 heavy (non-hydrogen) atoms. The Bertz CT molecular complexity index is 464. The molecule has 2 N–H and O–H groups in total. The van der Waals surface area contributed by atoms with Crippen LogP contribution in [0, 0.1) is 0 Å². The fourth-order valence-corrected chi connectivity index (χ4v) is 2.14. The van der Waals surface area contributed by atoms with Crippen molar-refractivity contribution < 1.29 is 10.0 Å². The second-order valence-corrected chi connectivity index (χ2v) is 4.39. The number of hydrogen-bond donors (Lipinski definition) is 2. The zero-order chi connectivity index (χ0) is 10.8. The summed E-state index contributed by atoms with van der Waals surface area (Å²) < 4.78 is 0.552. The number of nitrogens with zero attached hydrogens (tertiary/aromatic N) is 2. The largest absolute Gasteiger partial charge is 0.488 e. The third kappa shape index (κ3) is 2.43. The number of rotatable bonds is 2. The van der Waals surface area contributed by atoms with Crippen molar-refractivity contribution in [2.45, 2.75) is 0 Å². The molecule has 0 aromatic carbocycles. The Morgan fingerprint density at radius 3 is 2.67 bits per heavy atom. The van der Waals surface area contributed by atoms with Crippen LogP contribution in [0.4, 0.5) is 0 Å². The lowest BCUT2D eigenvalue weighted by molar-refractivity contribution is 0.425. The predicted octanol–water partition coefficient (Wildman–Crippen LogP) is 0.647. The summed E-state index contributed by atoms with van der Waals surface area (Å²) in [5.74, 6) is 0. The van der Waals surface area contributed by atoms with Gasteiger partial charge < -0.3 is 10.0 Å². The molecule has 0 aliphatic rings. The molecule has 7 heteroatoms. The van der Waals surface area contributed by atoms with Crippen LogP contribution in [0.5, 0.6) is 0 Å². The fraction of sp³-hybridized carbons (Fsp3) is 0. The first kappa shape index (κ1) is 10.8. The van der Waals surface area contributed by atoms with Crippen molar-refractivity contribution in [2.24, 2.45) is 0 Å². The predicted molar refractivity (Wildman–Crippen MR) is 62.9 cm³/mol. The van der Waals surface area contributed by atoms with Crippen LogP contribution in [0.3, 0.4) is 0 Å². The van der Waals surface area contributed by atoms with Gasteiger partial charge in [-0.2, -0.15) is 0 Å². The Kier molecular flexibility index (Phi) is 3.15. The van der Waals surface area contributed by atoms with Crippen LogP contribution in [-0.4, -0.2) is 27.1 Å². The second-order valence-electron chi connectivity index (χ2n) is 2.86. The summed E-state index contributed by atoms with van der Waals surface area (Å²) in [6, 6.07) is 3.16. The van der Waals surface area contributed by atoms with Gasteiger partial charge in [0, 0.05) is 5.38 Å². The first-order valence-electron chi connectivity index (χ1n) is 4.09. The maximum absolute atomic E-state index is 9.06. The van der Waals surface area contributed by atoms with E-state index in [1.165, 1.54) is 11.3 Å². The highest BCUT2D eigenvalue weighted by Crippen LogP contribution is 2.17. The van der Waals surface area contributed by atoms with Crippen LogP contribution in [0.1, 0.15) is 0 Å². The summed E-state index contributed by atoms with van der Waals surface area (Å²) in [5.41, 5.74) is 3.43. The molecule has 4 nitrogen and oxygen atoms in total. The van der Waals surface area contributed by atoms with Crippen LogP contribution < -0.4 is 5.46 Å². The van der Waals surface area contributed by atoms with Gasteiger partial charge in [-0.15, -0.1) is 11.3 Å². The first-order chi connectivity index (χ1) is 7.16. The molecule has 0 radical (unpaired) electrons. The molecule has 0 atom stereocenters. The second kappa shape index (κ2) is 4.40. The van der Waals surface area contributed by atoms with Crippen LogP contribution in [0.25, 0.3) is 11.4 Å². The van der Waals surface area contributed by atoms with E-state index in [-0.39, 0.29) is 0 Å². The first-order valence-corrected chi connectivity index (χ1v) is 5.82. The topological polar surface area (TPSA) is 66.2 Å². The van der Waals surface area contributed by atoms with Gasteiger partial charge in [-0.25, -0.2) is 9.97 Å². The molecule has 0 amide bonds. The molecule has 2 rings (SSSR count). The number of hydrogen-bond acceptors (Lipinski definition) is 5. The van der Waals surface area contributed by atoms with Gasteiger partial charge >= 0.3 is 7.12 Å². The third-order valence-corrected chi connectivity index (χ3v) is 2.80. The molecule has 2 aromatic rings. The Labute approximate surface area is 98.9 Å². The van der Waals surface area contributed by atoms with E-state index in [4.69, 9.17) is 10.0 Å². The lowest BCUT2D eigenvalue weighted by Crippen LogP contribution is -2.30. The van der Waals surface area contributed by atoms with Crippen molar-refractivity contribution in [3.05, 3.63) is 27.6 Å². The summed E-state index contributed by atoms with van der Waals surface area (Å²) >= 11 is 4.67. The molecule has 76 valence electrons. The van der Waals surface area contributed by atoms with Crippen molar-refractivity contribution in [1.29, 1.82) is 0 Å². The fourth-order valence-electron chi connectivity index (χ4n) is 1.14. The summed E-state index contributed by atoms with van der Waals surface area (Å²) in [6.07, 6.45) is 0. The van der Waals surface area contributed by atoms with Gasteiger partial charge in [-0.05, 0) is 33.5 Å². The van der Waals surface area contributed by atoms with Crippen molar-refractivity contribution in [1.82, 2.24) is 9.97 Å². The molecule has 0 saturated carbocycles. The van der Waals surface area contributed by atoms with E-state index in [9.17, 15) is 0 Å². The Morgan fingerprint density at radius 2 is 2.07 bits per heavy atom. The minimum Gasteiger partial charge on any atom is -0.423 e. The van der Waals surface area contributed by atoms with Crippen molar-refractivity contribution >= 4 is 39.8 Å². The lowest BCUT2D eigenvalue weighted by atomic mass is 9.80. The maximum Gasteiger partial charge on any atom is 0.488 e. The van der Waals surface area contributed by atoms with Gasteiger partial charge in [0.1, 0.15) is 4.60 Å². The smallest absolute Gasteiger partial charge is 0.423 e. The van der Waals surface area contributed by atoms with E-state index in [0.717, 1.165) is 5.69 Å². The minimum atomic E-state index is -1.50. The number of aromatic nitrogens is 2. The van der Waals surface area contributed by atoms with E-state index >= 15 is 0 Å². The van der Waals surface area contributed by atoms with Crippen LogP contribution >= 0.6 is 27.3 Å². The molecule has 2 heterocycles. The molecular weight excluding hydrogens is 279 g/mol. The average Bonchev–Trinajstić information content (AvgIpc) is 2.69. The van der Waals surface area contributed by atoms with Crippen molar-refractivity contribution in [2.75, 3.05) is 0 Å². The van der Waals surface area contributed by atoms with Gasteiger partial charge in [-0.3, -0.25) is 0 Å². The summed E-state index contributed by atoms with van der Waals surface area (Å²) in [4.78, 5) is 8.30. The Morgan fingerprint density at radius 1 is 1.27 bits per heavy atom. The molecule has 0 aliphatic carbocycles. The summed E-state index contributed by atoms with van der Waals surface area (Å²) in [7, 11) is -1.50. The van der Waals surface area contributed by atoms with Crippen LogP contribution in [0.15, 0.2) is 27.6 Å². The van der Waals surface area contributed by atoms with Crippen molar-refractivity contribution in [3.63, 3.8) is 0 Å². The van der Waals surface area contributed by atoms with E-state index in [1.54, 1.807) is 17.6 Å². The molecule has 0 bridgehead atoms. The lowest BCUT2D eigenvalue weighted by Gasteiger charge is -2.03. The highest BCUT2D eigenvalue weighted by molar-refractivity contribution is 9.10. The quantitative estimate of drug-likeness (QED) is 0.628. The molecule has 0 saturated heterocycles. The normalized spacial score (nSPS) is 10.3. The van der Waals surface area contributed by atoms with Crippen molar-refractivity contribution in [3.8, 4) is 11.4 Å². The zero-order valence-corrected chi connectivity index (χ0v) is 9.86. The molecule has 2 aromatic heterocycles. The number of pyridine rings is 1. The molecular formula is C8H6BBrN2O2S. The van der Waals surface area contributed by atoms with E-state index < -0.39 is 7.12 Å². The van der Waals surface area contributed by atoms with Gasteiger partial charge in [-0.1, -0.05) is 0 Å². The van der Waals surface area contributed by atoms with Crippen LogP contribution in [0.2, 0.25) is 0 Å². The van der Waals surface area contributed by atoms with E-state index in [1.807, 2.05) is 5.38 Å². The monoisotopic (exact) mass is 284 g/mol. The van der Waals surface area contributed by atoms with Gasteiger partial charge in [0.25, 0.3) is 0 Å². The Balaban J connectivity index is 2.49. The van der Waals surface area contributed by atoms with E-state index in [0.29, 0.717) is 15.8 Å². The minimum absolute atomic E-state index is 0.389. The Hall–Kier alpha value is -0.755. The SMILES string of the molecule is OB(O)c1cc(Br)nc(-c2cscn2)c1. The van der Waals surface area contributed by atoms with E-state index in [2.05, 4.69) is 25.9 Å². The van der Waals surface area contributed by atoms with Gasteiger partial charge in [0.15, 0.2) is 0 Å². The molecule has 0 aliphatic heterocycles. The summed E-state index contributed by atoms with van der Waals surface area (Å²) in [5, 5.41) is 20.0. The molecule has 0 fully saturated rings. The number of halogens is 1. The standard InChI is InChI=1S/C8H6BBrN2O2S/c10-8-2-5(9(13)14)1-6(12-8)7-3-15-4-11-7/h1-4,13-14H.